The van der Waals surface area contributed by atoms with Crippen LogP contribution < -0.4 is 5.32 Å². The molecule has 2 atom stereocenters. The summed E-state index contributed by atoms with van der Waals surface area (Å²) in [5.74, 6) is 0.971. The van der Waals surface area contributed by atoms with Crippen molar-refractivity contribution in [2.45, 2.75) is 69.4 Å². The molecular formula is C27H45N3O2. The summed E-state index contributed by atoms with van der Waals surface area (Å²) < 4.78 is 5.44. The summed E-state index contributed by atoms with van der Waals surface area (Å²) in [4.78, 5) is 18.5. The first-order valence-electron chi connectivity index (χ1n) is 12.6. The van der Waals surface area contributed by atoms with E-state index in [-0.39, 0.29) is 17.0 Å². The summed E-state index contributed by atoms with van der Waals surface area (Å²) in [7, 11) is 8.16. The number of rotatable bonds is 10. The smallest absolute Gasteiger partial charge is 0.226 e. The van der Waals surface area contributed by atoms with Crippen molar-refractivity contribution in [3.63, 3.8) is 0 Å². The summed E-state index contributed by atoms with van der Waals surface area (Å²) in [5, 5.41) is 3.23. The predicted molar refractivity (Wildman–Crippen MR) is 132 cm³/mol. The molecule has 1 aromatic rings. The third kappa shape index (κ3) is 5.05. The molecule has 1 N–H and O–H groups in total. The second-order valence-corrected chi connectivity index (χ2v) is 10.4. The van der Waals surface area contributed by atoms with Gasteiger partial charge in [-0.1, -0.05) is 37.3 Å². The van der Waals surface area contributed by atoms with Crippen LogP contribution in [0.15, 0.2) is 30.3 Å². The Bertz CT molecular complexity index is 713. The van der Waals surface area contributed by atoms with Crippen LogP contribution >= 0.6 is 0 Å². The Hall–Kier alpha value is -1.43. The highest BCUT2D eigenvalue weighted by molar-refractivity contribution is 5.81. The van der Waals surface area contributed by atoms with Crippen molar-refractivity contribution in [3.05, 3.63) is 35.9 Å². The molecule has 1 aliphatic carbocycles. The monoisotopic (exact) mass is 443 g/mol. The van der Waals surface area contributed by atoms with Crippen LogP contribution in [0, 0.1) is 11.8 Å². The molecule has 0 aromatic heterocycles. The molecule has 32 heavy (non-hydrogen) atoms. The standard InChI is InChI=1S/C27H45N3O2/c1-22(10-9-19-28-2)24-13-14-26(30(25(24)31)20-21-32-5)15-17-27(18-16-26,29(3)4)23-11-7-6-8-12-23/h6-8,11-12,22,24,28H,9-10,13-21H2,1-5H3/t22?,24?,26-,27+. The quantitative estimate of drug-likeness (QED) is 0.548. The molecule has 1 aliphatic heterocycles. The molecule has 1 amide bonds. The van der Waals surface area contributed by atoms with E-state index in [2.05, 4.69) is 66.5 Å². The zero-order valence-corrected chi connectivity index (χ0v) is 21.0. The highest BCUT2D eigenvalue weighted by Crippen LogP contribution is 2.51. The maximum atomic E-state index is 13.8. The van der Waals surface area contributed by atoms with Crippen LogP contribution in [0.1, 0.15) is 63.9 Å². The van der Waals surface area contributed by atoms with E-state index < -0.39 is 0 Å². The van der Waals surface area contributed by atoms with Gasteiger partial charge in [0.15, 0.2) is 0 Å². The van der Waals surface area contributed by atoms with Gasteiger partial charge >= 0.3 is 0 Å². The average Bonchev–Trinajstić information content (AvgIpc) is 2.80. The lowest BCUT2D eigenvalue weighted by Gasteiger charge is -2.57. The van der Waals surface area contributed by atoms with Crippen molar-refractivity contribution >= 4 is 5.91 Å². The summed E-state index contributed by atoms with van der Waals surface area (Å²) in [6.45, 7) is 4.63. The Balaban J connectivity index is 1.78. The number of hydrogen-bond donors (Lipinski definition) is 1. The lowest BCUT2D eigenvalue weighted by Crippen LogP contribution is -2.62. The van der Waals surface area contributed by atoms with Crippen molar-refractivity contribution < 1.29 is 9.53 Å². The molecular weight excluding hydrogens is 398 g/mol. The molecule has 1 saturated carbocycles. The Kier molecular flexibility index (Phi) is 8.76. The molecule has 1 aromatic carbocycles. The van der Waals surface area contributed by atoms with E-state index in [1.807, 2.05) is 7.05 Å². The molecule has 1 spiro atoms. The highest BCUT2D eigenvalue weighted by atomic mass is 16.5. The van der Waals surface area contributed by atoms with E-state index in [1.165, 1.54) is 5.56 Å². The van der Waals surface area contributed by atoms with E-state index >= 15 is 0 Å². The number of ether oxygens (including phenoxy) is 1. The third-order valence-corrected chi connectivity index (χ3v) is 8.54. The summed E-state index contributed by atoms with van der Waals surface area (Å²) in [6, 6.07) is 11.0. The number of benzene rings is 1. The number of methoxy groups -OCH3 is 1. The van der Waals surface area contributed by atoms with Gasteiger partial charge in [-0.3, -0.25) is 9.69 Å². The Morgan fingerprint density at radius 3 is 2.44 bits per heavy atom. The second kappa shape index (κ2) is 11.1. The number of hydrogen-bond acceptors (Lipinski definition) is 4. The van der Waals surface area contributed by atoms with Crippen molar-refractivity contribution in [3.8, 4) is 0 Å². The number of nitrogens with one attached hydrogen (secondary N) is 1. The van der Waals surface area contributed by atoms with Gasteiger partial charge in [0.05, 0.1) is 6.61 Å². The lowest BCUT2D eigenvalue weighted by molar-refractivity contribution is -0.156. The molecule has 1 heterocycles. The minimum Gasteiger partial charge on any atom is -0.383 e. The Labute approximate surface area is 195 Å². The molecule has 0 radical (unpaired) electrons. The lowest BCUT2D eigenvalue weighted by atomic mass is 9.63. The van der Waals surface area contributed by atoms with Gasteiger partial charge in [0.2, 0.25) is 5.91 Å². The zero-order chi connectivity index (χ0) is 23.2. The van der Waals surface area contributed by atoms with E-state index in [9.17, 15) is 4.79 Å². The number of likely N-dealkylation sites (tertiary alicyclic amines) is 1. The maximum absolute atomic E-state index is 13.8. The second-order valence-electron chi connectivity index (χ2n) is 10.4. The van der Waals surface area contributed by atoms with E-state index in [0.717, 1.165) is 64.5 Å². The summed E-state index contributed by atoms with van der Waals surface area (Å²) >= 11 is 0. The number of nitrogens with zero attached hydrogens (tertiary/aromatic N) is 2. The van der Waals surface area contributed by atoms with Crippen molar-refractivity contribution in [2.24, 2.45) is 11.8 Å². The average molecular weight is 444 g/mol. The molecule has 2 aliphatic rings. The SMILES string of the molecule is CNCCCC(C)C1CC[C@]2(CC[C@](c3ccccc3)(N(C)C)CC2)N(CCOC)C1=O. The molecule has 0 bridgehead atoms. The van der Waals surface area contributed by atoms with Gasteiger partial charge in [0.25, 0.3) is 0 Å². The topological polar surface area (TPSA) is 44.8 Å². The fourth-order valence-corrected chi connectivity index (χ4v) is 6.37. The van der Waals surface area contributed by atoms with Crippen LogP contribution in [0.3, 0.4) is 0 Å². The largest absolute Gasteiger partial charge is 0.383 e. The van der Waals surface area contributed by atoms with Crippen LogP contribution in [0.4, 0.5) is 0 Å². The van der Waals surface area contributed by atoms with E-state index in [0.29, 0.717) is 18.4 Å². The number of carbonyl (C=O) groups is 1. The fraction of sp³-hybridized carbons (Fsp3) is 0.741. The molecule has 5 nitrogen and oxygen atoms in total. The number of amides is 1. The van der Waals surface area contributed by atoms with Crippen LogP contribution in [0.25, 0.3) is 0 Å². The van der Waals surface area contributed by atoms with Crippen LogP contribution in [0.5, 0.6) is 0 Å². The third-order valence-electron chi connectivity index (χ3n) is 8.54. The molecule has 3 rings (SSSR count). The minimum atomic E-state index is -0.00883. The van der Waals surface area contributed by atoms with E-state index in [1.54, 1.807) is 7.11 Å². The Morgan fingerprint density at radius 2 is 1.84 bits per heavy atom. The van der Waals surface area contributed by atoms with Crippen molar-refractivity contribution in [1.82, 2.24) is 15.1 Å². The van der Waals surface area contributed by atoms with Gasteiger partial charge in [-0.05, 0) is 90.5 Å². The van der Waals surface area contributed by atoms with Crippen LogP contribution in [-0.4, -0.2) is 69.2 Å². The van der Waals surface area contributed by atoms with Crippen molar-refractivity contribution in [1.29, 1.82) is 0 Å². The normalized spacial score (nSPS) is 29.6. The van der Waals surface area contributed by atoms with Crippen LogP contribution in [-0.2, 0) is 15.1 Å². The predicted octanol–water partition coefficient (Wildman–Crippen LogP) is 4.28. The maximum Gasteiger partial charge on any atom is 0.226 e. The summed E-state index contributed by atoms with van der Waals surface area (Å²) in [6.07, 6.45) is 8.71. The molecule has 180 valence electrons. The summed E-state index contributed by atoms with van der Waals surface area (Å²) in [5.41, 5.74) is 1.45. The zero-order valence-electron chi connectivity index (χ0n) is 21.0. The fourth-order valence-electron chi connectivity index (χ4n) is 6.37. The van der Waals surface area contributed by atoms with E-state index in [4.69, 9.17) is 4.74 Å². The van der Waals surface area contributed by atoms with Gasteiger partial charge in [0, 0.05) is 30.7 Å². The number of carbonyl (C=O) groups excluding carboxylic acids is 1. The molecule has 1 saturated heterocycles. The number of piperidine rings is 1. The van der Waals surface area contributed by atoms with Gasteiger partial charge in [0.1, 0.15) is 0 Å². The first kappa shape index (κ1) is 25.2. The molecule has 5 heteroatoms. The minimum absolute atomic E-state index is 0.00883. The Morgan fingerprint density at radius 1 is 1.16 bits per heavy atom. The molecule has 2 unspecified atom stereocenters. The van der Waals surface area contributed by atoms with Gasteiger partial charge in [-0.25, -0.2) is 0 Å². The first-order valence-corrected chi connectivity index (χ1v) is 12.6. The van der Waals surface area contributed by atoms with Gasteiger partial charge < -0.3 is 15.0 Å². The van der Waals surface area contributed by atoms with Gasteiger partial charge in [-0.15, -0.1) is 0 Å². The highest BCUT2D eigenvalue weighted by Gasteiger charge is 2.52. The van der Waals surface area contributed by atoms with Crippen LogP contribution in [0.2, 0.25) is 0 Å². The molecule has 2 fully saturated rings. The van der Waals surface area contributed by atoms with Crippen molar-refractivity contribution in [2.75, 3.05) is 47.9 Å². The first-order chi connectivity index (χ1) is 15.4. The van der Waals surface area contributed by atoms with Gasteiger partial charge in [-0.2, -0.15) is 0 Å².